The van der Waals surface area contributed by atoms with E-state index in [0.29, 0.717) is 6.54 Å². The minimum absolute atomic E-state index is 0.128. The second-order valence-electron chi connectivity index (χ2n) is 4.39. The predicted molar refractivity (Wildman–Crippen MR) is 77.0 cm³/mol. The van der Waals surface area contributed by atoms with Crippen LogP contribution in [0, 0.1) is 0 Å². The van der Waals surface area contributed by atoms with Crippen molar-refractivity contribution in [2.24, 2.45) is 5.73 Å². The topological polar surface area (TPSA) is 47.7 Å². The highest BCUT2D eigenvalue weighted by atomic mass is 79.9. The first kappa shape index (κ1) is 14.4. The van der Waals surface area contributed by atoms with Gasteiger partial charge in [0.25, 0.3) is 0 Å². The zero-order valence-electron chi connectivity index (χ0n) is 10.6. The molecule has 0 amide bonds. The Morgan fingerprint density at radius 3 is 2.44 bits per heavy atom. The molecule has 0 aromatic carbocycles. The first-order valence-electron chi connectivity index (χ1n) is 5.93. The van der Waals surface area contributed by atoms with Crippen LogP contribution in [0.15, 0.2) is 15.9 Å². The van der Waals surface area contributed by atoms with Gasteiger partial charge in [0.2, 0.25) is 0 Å². The number of likely N-dealkylation sites (tertiary alicyclic amines) is 1. The summed E-state index contributed by atoms with van der Waals surface area (Å²) in [5.41, 5.74) is 5.95. The Kier molecular flexibility index (Phi) is 5.17. The van der Waals surface area contributed by atoms with E-state index >= 15 is 0 Å². The highest BCUT2D eigenvalue weighted by Gasteiger charge is 2.37. The van der Waals surface area contributed by atoms with Gasteiger partial charge in [-0.1, -0.05) is 0 Å². The molecular formula is C12H19BrN2O2S. The van der Waals surface area contributed by atoms with Gasteiger partial charge < -0.3 is 15.2 Å². The molecule has 1 saturated heterocycles. The fourth-order valence-corrected chi connectivity index (χ4v) is 4.23. The van der Waals surface area contributed by atoms with Gasteiger partial charge in [0.15, 0.2) is 0 Å². The van der Waals surface area contributed by atoms with Crippen LogP contribution in [-0.2, 0) is 9.47 Å². The number of rotatable bonds is 5. The third-order valence-corrected chi connectivity index (χ3v) is 5.43. The van der Waals surface area contributed by atoms with Crippen LogP contribution in [0.25, 0.3) is 0 Å². The fourth-order valence-electron chi connectivity index (χ4n) is 2.44. The Labute approximate surface area is 120 Å². The number of ether oxygens (including phenoxy) is 2. The number of thiophene rings is 1. The zero-order chi connectivity index (χ0) is 13.1. The van der Waals surface area contributed by atoms with Gasteiger partial charge in [-0.2, -0.15) is 0 Å². The van der Waals surface area contributed by atoms with Gasteiger partial charge >= 0.3 is 0 Å². The molecule has 2 rings (SSSR count). The van der Waals surface area contributed by atoms with Gasteiger partial charge in [0.05, 0.1) is 18.2 Å². The second kappa shape index (κ2) is 6.45. The van der Waals surface area contributed by atoms with E-state index in [2.05, 4.69) is 32.3 Å². The molecule has 6 heteroatoms. The van der Waals surface area contributed by atoms with E-state index in [1.807, 2.05) is 0 Å². The first-order chi connectivity index (χ1) is 8.71. The maximum Gasteiger partial charge on any atom is 0.0972 e. The Morgan fingerprint density at radius 2 is 2.06 bits per heavy atom. The van der Waals surface area contributed by atoms with Crippen molar-refractivity contribution in [3.63, 3.8) is 0 Å². The molecule has 3 unspecified atom stereocenters. The Balaban J connectivity index is 2.13. The number of nitrogens with two attached hydrogens (primary N) is 1. The summed E-state index contributed by atoms with van der Waals surface area (Å²) in [6.07, 6.45) is 0.255. The molecule has 3 atom stereocenters. The molecule has 0 bridgehead atoms. The van der Waals surface area contributed by atoms with Crippen molar-refractivity contribution in [1.82, 2.24) is 4.90 Å². The molecule has 1 aliphatic rings. The van der Waals surface area contributed by atoms with Crippen molar-refractivity contribution in [1.29, 1.82) is 0 Å². The van der Waals surface area contributed by atoms with Gasteiger partial charge in [0, 0.05) is 43.2 Å². The molecule has 4 nitrogen and oxygen atoms in total. The molecule has 102 valence electrons. The molecule has 2 heterocycles. The molecule has 1 aromatic rings. The average molecular weight is 335 g/mol. The second-order valence-corrected chi connectivity index (χ2v) is 6.19. The molecule has 1 fully saturated rings. The van der Waals surface area contributed by atoms with E-state index in [1.54, 1.807) is 25.6 Å². The number of nitrogens with zero attached hydrogens (tertiary/aromatic N) is 1. The summed E-state index contributed by atoms with van der Waals surface area (Å²) in [6, 6.07) is 2.30. The average Bonchev–Trinajstić information content (AvgIpc) is 2.97. The Hall–Kier alpha value is 0.0200. The van der Waals surface area contributed by atoms with Crippen LogP contribution in [0.4, 0.5) is 0 Å². The van der Waals surface area contributed by atoms with E-state index in [9.17, 15) is 0 Å². The summed E-state index contributed by atoms with van der Waals surface area (Å²) in [6.45, 7) is 2.33. The number of methoxy groups -OCH3 is 2. The minimum atomic E-state index is 0.128. The molecule has 0 radical (unpaired) electrons. The van der Waals surface area contributed by atoms with Crippen LogP contribution >= 0.6 is 27.3 Å². The SMILES string of the molecule is COC1CN(C(CN)c2sccc2Br)CC1OC. The first-order valence-corrected chi connectivity index (χ1v) is 7.61. The highest BCUT2D eigenvalue weighted by Crippen LogP contribution is 2.34. The van der Waals surface area contributed by atoms with Crippen molar-refractivity contribution in [2.75, 3.05) is 33.9 Å². The lowest BCUT2D eigenvalue weighted by Gasteiger charge is -2.25. The third kappa shape index (κ3) is 2.79. The summed E-state index contributed by atoms with van der Waals surface area (Å²) in [4.78, 5) is 3.63. The van der Waals surface area contributed by atoms with Gasteiger partial charge in [0.1, 0.15) is 0 Å². The molecule has 0 saturated carbocycles. The van der Waals surface area contributed by atoms with Crippen LogP contribution in [-0.4, -0.2) is 51.0 Å². The van der Waals surface area contributed by atoms with Crippen molar-refractivity contribution >= 4 is 27.3 Å². The molecule has 0 aliphatic carbocycles. The molecule has 1 aromatic heterocycles. The smallest absolute Gasteiger partial charge is 0.0972 e. The predicted octanol–water partition coefficient (Wildman–Crippen LogP) is 1.86. The van der Waals surface area contributed by atoms with Gasteiger partial charge in [-0.3, -0.25) is 4.90 Å². The number of hydrogen-bond acceptors (Lipinski definition) is 5. The van der Waals surface area contributed by atoms with Crippen LogP contribution in [0.3, 0.4) is 0 Å². The monoisotopic (exact) mass is 334 g/mol. The van der Waals surface area contributed by atoms with Crippen LogP contribution in [0.1, 0.15) is 10.9 Å². The summed E-state index contributed by atoms with van der Waals surface area (Å²) in [5.74, 6) is 0. The van der Waals surface area contributed by atoms with E-state index < -0.39 is 0 Å². The van der Waals surface area contributed by atoms with E-state index in [-0.39, 0.29) is 18.2 Å². The lowest BCUT2D eigenvalue weighted by atomic mass is 10.2. The Bertz CT molecular complexity index is 376. The van der Waals surface area contributed by atoms with Crippen molar-refractivity contribution < 1.29 is 9.47 Å². The maximum absolute atomic E-state index is 5.95. The summed E-state index contributed by atoms with van der Waals surface area (Å²) < 4.78 is 12.1. The summed E-state index contributed by atoms with van der Waals surface area (Å²) in [5, 5.41) is 2.08. The van der Waals surface area contributed by atoms with Crippen molar-refractivity contribution in [3.05, 3.63) is 20.8 Å². The third-order valence-electron chi connectivity index (χ3n) is 3.46. The lowest BCUT2D eigenvalue weighted by Crippen LogP contribution is -2.32. The summed E-state index contributed by atoms with van der Waals surface area (Å²) in [7, 11) is 3.47. The largest absolute Gasteiger partial charge is 0.377 e. The molecular weight excluding hydrogens is 316 g/mol. The lowest BCUT2D eigenvalue weighted by molar-refractivity contribution is -0.00461. The zero-order valence-corrected chi connectivity index (χ0v) is 13.0. The van der Waals surface area contributed by atoms with Crippen molar-refractivity contribution in [2.45, 2.75) is 18.2 Å². The van der Waals surface area contributed by atoms with Crippen LogP contribution < -0.4 is 5.73 Å². The van der Waals surface area contributed by atoms with Gasteiger partial charge in [-0.15, -0.1) is 11.3 Å². The fraction of sp³-hybridized carbons (Fsp3) is 0.667. The molecule has 18 heavy (non-hydrogen) atoms. The normalized spacial score (nSPS) is 26.7. The van der Waals surface area contributed by atoms with E-state index in [1.165, 1.54) is 4.88 Å². The van der Waals surface area contributed by atoms with Crippen molar-refractivity contribution in [3.8, 4) is 0 Å². The van der Waals surface area contributed by atoms with Crippen LogP contribution in [0.2, 0.25) is 0 Å². The highest BCUT2D eigenvalue weighted by molar-refractivity contribution is 9.10. The number of halogens is 1. The quantitative estimate of drug-likeness (QED) is 0.892. The van der Waals surface area contributed by atoms with E-state index in [4.69, 9.17) is 15.2 Å². The van der Waals surface area contributed by atoms with E-state index in [0.717, 1.165) is 17.6 Å². The minimum Gasteiger partial charge on any atom is -0.377 e. The number of hydrogen-bond donors (Lipinski definition) is 1. The van der Waals surface area contributed by atoms with Crippen LogP contribution in [0.5, 0.6) is 0 Å². The standard InChI is InChI=1S/C12H19BrN2O2S/c1-16-10-6-15(7-11(10)17-2)9(5-14)12-8(13)3-4-18-12/h3-4,9-11H,5-7,14H2,1-2H3. The summed E-state index contributed by atoms with van der Waals surface area (Å²) >= 11 is 5.32. The molecule has 2 N–H and O–H groups in total. The molecule has 0 spiro atoms. The van der Waals surface area contributed by atoms with Gasteiger partial charge in [-0.05, 0) is 27.4 Å². The molecule has 1 aliphatic heterocycles. The van der Waals surface area contributed by atoms with Gasteiger partial charge in [-0.25, -0.2) is 0 Å². The Morgan fingerprint density at radius 1 is 1.44 bits per heavy atom. The maximum atomic E-state index is 5.95.